The number of anilines is 1. The number of nitrogens with zero attached hydrogens (tertiary/aromatic N) is 2. The van der Waals surface area contributed by atoms with Crippen LogP contribution in [0.15, 0.2) is 18.2 Å². The number of halogens is 1. The zero-order valence-electron chi connectivity index (χ0n) is 12.6. The molecule has 0 amide bonds. The molecule has 2 rings (SSSR count). The molecule has 21 heavy (non-hydrogen) atoms. The Morgan fingerprint density at radius 3 is 2.38 bits per heavy atom. The van der Waals surface area contributed by atoms with E-state index in [-0.39, 0.29) is 11.9 Å². The van der Waals surface area contributed by atoms with Gasteiger partial charge >= 0.3 is 0 Å². The molecule has 1 aliphatic heterocycles. The molecule has 1 fully saturated rings. The van der Waals surface area contributed by atoms with Gasteiger partial charge in [0, 0.05) is 43.5 Å². The summed E-state index contributed by atoms with van der Waals surface area (Å²) in [5, 5.41) is 3.06. The largest absolute Gasteiger partial charge is 0.369 e. The molecule has 0 aliphatic carbocycles. The van der Waals surface area contributed by atoms with Crippen LogP contribution in [-0.4, -0.2) is 52.2 Å². The second-order valence-electron chi connectivity index (χ2n) is 5.33. The molecular weight excluding hydrogens is 293 g/mol. The summed E-state index contributed by atoms with van der Waals surface area (Å²) >= 11 is 0. The third kappa shape index (κ3) is 3.53. The van der Waals surface area contributed by atoms with Gasteiger partial charge in [-0.1, -0.05) is 6.07 Å². The van der Waals surface area contributed by atoms with Crippen molar-refractivity contribution < 1.29 is 12.8 Å². The fraction of sp³-hybridized carbons (Fsp3) is 0.571. The lowest BCUT2D eigenvalue weighted by Gasteiger charge is -2.36. The van der Waals surface area contributed by atoms with E-state index >= 15 is 0 Å². The van der Waals surface area contributed by atoms with E-state index in [0.717, 1.165) is 5.69 Å². The van der Waals surface area contributed by atoms with Gasteiger partial charge in [0.2, 0.25) is 10.0 Å². The highest BCUT2D eigenvalue weighted by molar-refractivity contribution is 7.88. The van der Waals surface area contributed by atoms with Crippen molar-refractivity contribution in [3.8, 4) is 0 Å². The standard InChI is InChI=1S/C14H22FN3O2S/c1-11(16-2)14-12(15)5-4-6-13(14)17-7-9-18(10-8-17)21(3,19)20/h4-6,11,16H,7-10H2,1-3H3. The SMILES string of the molecule is CNC(C)c1c(F)cccc1N1CCN(S(C)(=O)=O)CC1. The van der Waals surface area contributed by atoms with Crippen molar-refractivity contribution >= 4 is 15.7 Å². The van der Waals surface area contributed by atoms with E-state index in [1.807, 2.05) is 17.9 Å². The van der Waals surface area contributed by atoms with Crippen molar-refractivity contribution in [3.63, 3.8) is 0 Å². The molecule has 0 spiro atoms. The van der Waals surface area contributed by atoms with Gasteiger partial charge in [0.15, 0.2) is 0 Å². The van der Waals surface area contributed by atoms with Crippen LogP contribution in [0.4, 0.5) is 10.1 Å². The van der Waals surface area contributed by atoms with Crippen LogP contribution >= 0.6 is 0 Å². The minimum absolute atomic E-state index is 0.103. The van der Waals surface area contributed by atoms with E-state index in [9.17, 15) is 12.8 Å². The number of benzene rings is 1. The molecule has 0 bridgehead atoms. The zero-order valence-corrected chi connectivity index (χ0v) is 13.5. The highest BCUT2D eigenvalue weighted by Crippen LogP contribution is 2.29. The maximum atomic E-state index is 14.1. The summed E-state index contributed by atoms with van der Waals surface area (Å²) in [6.45, 7) is 3.92. The summed E-state index contributed by atoms with van der Waals surface area (Å²) in [6.07, 6.45) is 1.22. The monoisotopic (exact) mass is 315 g/mol. The van der Waals surface area contributed by atoms with Crippen LogP contribution in [0, 0.1) is 5.82 Å². The van der Waals surface area contributed by atoms with E-state index in [1.54, 1.807) is 13.1 Å². The Labute approximate surface area is 125 Å². The summed E-state index contributed by atoms with van der Waals surface area (Å²) < 4.78 is 38.7. The second kappa shape index (κ2) is 6.29. The molecule has 0 radical (unpaired) electrons. The highest BCUT2D eigenvalue weighted by Gasteiger charge is 2.26. The van der Waals surface area contributed by atoms with Crippen LogP contribution in [0.2, 0.25) is 0 Å². The average Bonchev–Trinajstić information content (AvgIpc) is 2.45. The van der Waals surface area contributed by atoms with Crippen molar-refractivity contribution in [2.75, 3.05) is 44.4 Å². The van der Waals surface area contributed by atoms with E-state index in [0.29, 0.717) is 31.7 Å². The number of sulfonamides is 1. The molecule has 1 heterocycles. The lowest BCUT2D eigenvalue weighted by Crippen LogP contribution is -2.48. The van der Waals surface area contributed by atoms with Gasteiger partial charge in [-0.3, -0.25) is 0 Å². The molecular formula is C14H22FN3O2S. The van der Waals surface area contributed by atoms with Crippen molar-refractivity contribution in [2.24, 2.45) is 0 Å². The van der Waals surface area contributed by atoms with Crippen LogP contribution in [-0.2, 0) is 10.0 Å². The van der Waals surface area contributed by atoms with Crippen LogP contribution in [0.3, 0.4) is 0 Å². The van der Waals surface area contributed by atoms with Gasteiger partial charge in [0.05, 0.1) is 6.26 Å². The third-order valence-corrected chi connectivity index (χ3v) is 5.25. The van der Waals surface area contributed by atoms with Crippen LogP contribution in [0.5, 0.6) is 0 Å². The Kier molecular flexibility index (Phi) is 4.85. The predicted octanol–water partition coefficient (Wildman–Crippen LogP) is 1.19. The van der Waals surface area contributed by atoms with Gasteiger partial charge in [0.25, 0.3) is 0 Å². The highest BCUT2D eigenvalue weighted by atomic mass is 32.2. The van der Waals surface area contributed by atoms with Gasteiger partial charge in [-0.25, -0.2) is 12.8 Å². The summed E-state index contributed by atoms with van der Waals surface area (Å²) in [6, 6.07) is 4.94. The molecule has 1 aromatic rings. The smallest absolute Gasteiger partial charge is 0.211 e. The van der Waals surface area contributed by atoms with Gasteiger partial charge < -0.3 is 10.2 Å². The van der Waals surface area contributed by atoms with Crippen LogP contribution < -0.4 is 10.2 Å². The number of rotatable bonds is 4. The van der Waals surface area contributed by atoms with Crippen LogP contribution in [0.1, 0.15) is 18.5 Å². The molecule has 7 heteroatoms. The van der Waals surface area contributed by atoms with E-state index in [1.165, 1.54) is 16.6 Å². The van der Waals surface area contributed by atoms with E-state index in [4.69, 9.17) is 0 Å². The maximum absolute atomic E-state index is 14.1. The molecule has 1 aliphatic rings. The third-order valence-electron chi connectivity index (χ3n) is 3.94. The molecule has 1 aromatic carbocycles. The normalized spacial score (nSPS) is 18.8. The Hall–Kier alpha value is -1.18. The van der Waals surface area contributed by atoms with Crippen molar-refractivity contribution in [1.29, 1.82) is 0 Å². The molecule has 118 valence electrons. The first-order valence-electron chi connectivity index (χ1n) is 7.00. The number of piperazine rings is 1. The molecule has 1 saturated heterocycles. The number of hydrogen-bond acceptors (Lipinski definition) is 4. The minimum atomic E-state index is -3.15. The van der Waals surface area contributed by atoms with Gasteiger partial charge in [-0.05, 0) is 26.1 Å². The first-order valence-corrected chi connectivity index (χ1v) is 8.85. The Morgan fingerprint density at radius 1 is 1.24 bits per heavy atom. The zero-order chi connectivity index (χ0) is 15.6. The van der Waals surface area contributed by atoms with E-state index in [2.05, 4.69) is 5.32 Å². The second-order valence-corrected chi connectivity index (χ2v) is 7.31. The first kappa shape index (κ1) is 16.2. The van der Waals surface area contributed by atoms with Gasteiger partial charge in [-0.15, -0.1) is 0 Å². The fourth-order valence-corrected chi connectivity index (χ4v) is 3.46. The fourth-order valence-electron chi connectivity index (χ4n) is 2.64. The quantitative estimate of drug-likeness (QED) is 0.907. The molecule has 1 unspecified atom stereocenters. The molecule has 5 nitrogen and oxygen atoms in total. The minimum Gasteiger partial charge on any atom is -0.369 e. The number of hydrogen-bond donors (Lipinski definition) is 1. The van der Waals surface area contributed by atoms with Gasteiger partial charge in [-0.2, -0.15) is 4.31 Å². The Balaban J connectivity index is 2.23. The topological polar surface area (TPSA) is 52.6 Å². The summed E-state index contributed by atoms with van der Waals surface area (Å²) in [5.41, 5.74) is 1.47. The average molecular weight is 315 g/mol. The Morgan fingerprint density at radius 2 is 1.86 bits per heavy atom. The molecule has 0 aromatic heterocycles. The van der Waals surface area contributed by atoms with Crippen molar-refractivity contribution in [3.05, 3.63) is 29.6 Å². The molecule has 1 atom stereocenters. The summed E-state index contributed by atoms with van der Waals surface area (Å²) in [4.78, 5) is 2.05. The van der Waals surface area contributed by atoms with Gasteiger partial charge in [0.1, 0.15) is 5.82 Å². The first-order chi connectivity index (χ1) is 9.84. The lowest BCUT2D eigenvalue weighted by atomic mass is 10.0. The van der Waals surface area contributed by atoms with Crippen LogP contribution in [0.25, 0.3) is 0 Å². The van der Waals surface area contributed by atoms with Crippen molar-refractivity contribution in [2.45, 2.75) is 13.0 Å². The van der Waals surface area contributed by atoms with Crippen molar-refractivity contribution in [1.82, 2.24) is 9.62 Å². The summed E-state index contributed by atoms with van der Waals surface area (Å²) in [7, 11) is -1.36. The molecule has 0 saturated carbocycles. The summed E-state index contributed by atoms with van der Waals surface area (Å²) in [5.74, 6) is -0.236. The predicted molar refractivity (Wildman–Crippen MR) is 82.5 cm³/mol. The maximum Gasteiger partial charge on any atom is 0.211 e. The lowest BCUT2D eigenvalue weighted by molar-refractivity contribution is 0.387. The Bertz CT molecular complexity index is 598. The van der Waals surface area contributed by atoms with E-state index < -0.39 is 10.0 Å². The number of nitrogens with one attached hydrogen (secondary N) is 1. The molecule has 1 N–H and O–H groups in total.